The molecule has 0 fully saturated rings. The smallest absolute Gasteiger partial charge is 0.463 e. The number of ether oxygens (including phenoxy) is 1. The lowest BCUT2D eigenvalue weighted by Crippen LogP contribution is -2.27. The second kappa shape index (κ2) is 39.7. The van der Waals surface area contributed by atoms with E-state index in [1.165, 1.54) is 64.2 Å². The maximum Gasteiger partial charge on any atom is 0.472 e. The number of hydrogen-bond donors (Lipinski definition) is 3. The number of amides is 1. The summed E-state index contributed by atoms with van der Waals surface area (Å²) in [6.07, 6.45) is 44.6. The van der Waals surface area contributed by atoms with Crippen LogP contribution in [-0.2, 0) is 27.9 Å². The highest BCUT2D eigenvalue weighted by Crippen LogP contribution is 2.42. The van der Waals surface area contributed by atoms with Gasteiger partial charge in [-0.05, 0) is 77.0 Å². The van der Waals surface area contributed by atoms with E-state index in [4.69, 9.17) is 13.8 Å². The minimum absolute atomic E-state index is 0.0709. The molecule has 0 rings (SSSR count). The summed E-state index contributed by atoms with van der Waals surface area (Å²) in [5, 5.41) is 12.7. The summed E-state index contributed by atoms with van der Waals surface area (Å²) >= 11 is 0. The predicted molar refractivity (Wildman–Crippen MR) is 220 cm³/mol. The van der Waals surface area contributed by atoms with Crippen molar-refractivity contribution in [3.8, 4) is 0 Å². The Hall–Kier alpha value is -2.03. The van der Waals surface area contributed by atoms with Crippen molar-refractivity contribution in [2.45, 2.75) is 187 Å². The van der Waals surface area contributed by atoms with Crippen molar-refractivity contribution in [1.29, 1.82) is 0 Å². The molecular weight excluding hydrogens is 689 g/mol. The Labute approximate surface area is 324 Å². The molecule has 0 bridgehead atoms. The summed E-state index contributed by atoms with van der Waals surface area (Å²) in [4.78, 5) is 33.9. The van der Waals surface area contributed by atoms with Gasteiger partial charge in [0, 0.05) is 19.4 Å². The molecule has 1 amide bonds. The van der Waals surface area contributed by atoms with Crippen LogP contribution in [0.25, 0.3) is 0 Å². The van der Waals surface area contributed by atoms with Crippen LogP contribution in [0.1, 0.15) is 181 Å². The van der Waals surface area contributed by atoms with Crippen molar-refractivity contribution in [3.05, 3.63) is 48.6 Å². The highest BCUT2D eigenvalue weighted by Gasteiger charge is 2.23. The number of aliphatic hydroxyl groups is 1. The third kappa shape index (κ3) is 41.0. The van der Waals surface area contributed by atoms with Crippen molar-refractivity contribution >= 4 is 19.7 Å². The Morgan fingerprint density at radius 2 is 1.02 bits per heavy atom. The van der Waals surface area contributed by atoms with Crippen LogP contribution in [0.4, 0.5) is 0 Å². The van der Waals surface area contributed by atoms with E-state index in [2.05, 4.69) is 67.8 Å². The van der Waals surface area contributed by atoms with E-state index in [9.17, 15) is 24.2 Å². The second-order valence-electron chi connectivity index (χ2n) is 14.0. The largest absolute Gasteiger partial charge is 0.472 e. The van der Waals surface area contributed by atoms with Gasteiger partial charge in [-0.3, -0.25) is 18.6 Å². The van der Waals surface area contributed by atoms with Gasteiger partial charge in [-0.2, -0.15) is 0 Å². The monoisotopic (exact) mass is 768 g/mol. The molecule has 0 aromatic heterocycles. The summed E-state index contributed by atoms with van der Waals surface area (Å²) in [7, 11) is -4.42. The molecular formula is C43H78NO8P. The van der Waals surface area contributed by atoms with E-state index in [1.54, 1.807) is 0 Å². The van der Waals surface area contributed by atoms with Gasteiger partial charge in [0.05, 0.1) is 13.2 Å². The normalized spacial score (nSPS) is 13.8. The van der Waals surface area contributed by atoms with Crippen molar-refractivity contribution in [2.24, 2.45) is 0 Å². The van der Waals surface area contributed by atoms with E-state index < -0.39 is 26.5 Å². The van der Waals surface area contributed by atoms with Crippen LogP contribution < -0.4 is 5.32 Å². The van der Waals surface area contributed by atoms with Gasteiger partial charge in [0.25, 0.3) is 0 Å². The number of unbranched alkanes of at least 4 members (excludes halogenated alkanes) is 18. The lowest BCUT2D eigenvalue weighted by Gasteiger charge is -2.15. The molecule has 0 heterocycles. The Balaban J connectivity index is 3.66. The molecule has 0 spiro atoms. The molecule has 2 unspecified atom stereocenters. The Morgan fingerprint density at radius 3 is 1.51 bits per heavy atom. The lowest BCUT2D eigenvalue weighted by atomic mass is 10.1. The van der Waals surface area contributed by atoms with Crippen molar-refractivity contribution in [3.63, 3.8) is 0 Å². The minimum Gasteiger partial charge on any atom is -0.463 e. The summed E-state index contributed by atoms with van der Waals surface area (Å²) in [6, 6.07) is 0. The number of esters is 1. The number of aliphatic hydroxyl groups excluding tert-OH is 1. The van der Waals surface area contributed by atoms with Crippen LogP contribution >= 0.6 is 7.82 Å². The molecule has 53 heavy (non-hydrogen) atoms. The Morgan fingerprint density at radius 1 is 0.585 bits per heavy atom. The van der Waals surface area contributed by atoms with Gasteiger partial charge in [0.15, 0.2) is 0 Å². The number of allylic oxidation sites excluding steroid dienone is 8. The zero-order chi connectivity index (χ0) is 38.9. The SMILES string of the molecule is CCCCCC/C=C\C/C=C\CCCCCCCC(=O)NCCOP(=O)(O)OCC(O)COC(=O)CCCCCCC/C=C\C/C=C\CCCCCC. The van der Waals surface area contributed by atoms with Crippen LogP contribution in [0.5, 0.6) is 0 Å². The van der Waals surface area contributed by atoms with Gasteiger partial charge in [-0.1, -0.05) is 140 Å². The third-order valence-corrected chi connectivity index (χ3v) is 9.72. The number of phosphoric acid groups is 1. The molecule has 0 aliphatic heterocycles. The van der Waals surface area contributed by atoms with E-state index in [0.29, 0.717) is 6.42 Å². The summed E-state index contributed by atoms with van der Waals surface area (Å²) in [5.74, 6) is -0.546. The number of hydrogen-bond acceptors (Lipinski definition) is 7. The van der Waals surface area contributed by atoms with Crippen LogP contribution in [-0.4, -0.2) is 54.3 Å². The molecule has 9 nitrogen and oxygen atoms in total. The molecule has 0 saturated carbocycles. The molecule has 0 radical (unpaired) electrons. The fourth-order valence-corrected chi connectivity index (χ4v) is 6.26. The first-order chi connectivity index (χ1) is 25.8. The van der Waals surface area contributed by atoms with Crippen molar-refractivity contribution in [1.82, 2.24) is 5.32 Å². The highest BCUT2D eigenvalue weighted by molar-refractivity contribution is 7.47. The summed E-state index contributed by atoms with van der Waals surface area (Å²) < 4.78 is 26.8. The topological polar surface area (TPSA) is 131 Å². The molecule has 0 aliphatic rings. The Kier molecular flexibility index (Phi) is 38.1. The molecule has 10 heteroatoms. The molecule has 0 aromatic carbocycles. The zero-order valence-corrected chi connectivity index (χ0v) is 34.6. The minimum atomic E-state index is -4.42. The van der Waals surface area contributed by atoms with Crippen LogP contribution in [0.3, 0.4) is 0 Å². The Bertz CT molecular complexity index is 1010. The van der Waals surface area contributed by atoms with E-state index in [0.717, 1.165) is 89.9 Å². The number of rotatable bonds is 39. The zero-order valence-electron chi connectivity index (χ0n) is 33.7. The predicted octanol–water partition coefficient (Wildman–Crippen LogP) is 11.5. The number of nitrogens with one attached hydrogen (secondary N) is 1. The molecule has 0 aromatic rings. The fourth-order valence-electron chi connectivity index (χ4n) is 5.50. The maximum atomic E-state index is 12.1. The van der Waals surface area contributed by atoms with E-state index in [-0.39, 0.29) is 32.1 Å². The maximum absolute atomic E-state index is 12.1. The van der Waals surface area contributed by atoms with Gasteiger partial charge in [0.2, 0.25) is 5.91 Å². The molecule has 3 N–H and O–H groups in total. The van der Waals surface area contributed by atoms with Gasteiger partial charge in [0.1, 0.15) is 12.7 Å². The van der Waals surface area contributed by atoms with Crippen LogP contribution in [0.15, 0.2) is 48.6 Å². The first-order valence-corrected chi connectivity index (χ1v) is 22.6. The van der Waals surface area contributed by atoms with Crippen LogP contribution in [0.2, 0.25) is 0 Å². The molecule has 0 aliphatic carbocycles. The van der Waals surface area contributed by atoms with E-state index in [1.807, 2.05) is 0 Å². The van der Waals surface area contributed by atoms with Crippen molar-refractivity contribution in [2.75, 3.05) is 26.4 Å². The van der Waals surface area contributed by atoms with E-state index >= 15 is 0 Å². The van der Waals surface area contributed by atoms with Gasteiger partial charge < -0.3 is 20.1 Å². The standard InChI is InChI=1S/C43H78NO8P/c1-3-5-7-9-11-13-15-17-19-21-23-25-27-29-31-33-35-42(46)44-37-38-51-53(48,49)52-40-41(45)39-50-43(47)36-34-32-30-28-26-24-22-20-18-16-14-12-10-8-6-4-2/h13-16,19-22,41,45H,3-12,17-18,23-40H2,1-2H3,(H,44,46)(H,48,49)/b15-13-,16-14-,21-19-,22-20-. The molecule has 0 saturated heterocycles. The number of phosphoric ester groups is 1. The molecule has 2 atom stereocenters. The van der Waals surface area contributed by atoms with Crippen LogP contribution in [0, 0.1) is 0 Å². The summed E-state index contributed by atoms with van der Waals surface area (Å²) in [6.45, 7) is 3.48. The number of carbonyl (C=O) groups excluding carboxylic acids is 2. The lowest BCUT2D eigenvalue weighted by molar-refractivity contribution is -0.147. The van der Waals surface area contributed by atoms with Crippen molar-refractivity contribution < 1.29 is 37.9 Å². The van der Waals surface area contributed by atoms with Gasteiger partial charge >= 0.3 is 13.8 Å². The molecule has 308 valence electrons. The number of carbonyl (C=O) groups is 2. The second-order valence-corrected chi connectivity index (χ2v) is 15.4. The first-order valence-electron chi connectivity index (χ1n) is 21.1. The average molecular weight is 768 g/mol. The summed E-state index contributed by atoms with van der Waals surface area (Å²) in [5.41, 5.74) is 0. The first kappa shape index (κ1) is 51.0. The average Bonchev–Trinajstić information content (AvgIpc) is 3.14. The highest BCUT2D eigenvalue weighted by atomic mass is 31.2. The van der Waals surface area contributed by atoms with Gasteiger partial charge in [-0.25, -0.2) is 4.57 Å². The third-order valence-electron chi connectivity index (χ3n) is 8.73. The quantitative estimate of drug-likeness (QED) is 0.0244. The van der Waals surface area contributed by atoms with Gasteiger partial charge in [-0.15, -0.1) is 0 Å². The fraction of sp³-hybridized carbons (Fsp3) is 0.767.